The second kappa shape index (κ2) is 8.01. The third-order valence-electron chi connectivity index (χ3n) is 2.94. The summed E-state index contributed by atoms with van der Waals surface area (Å²) in [5, 5.41) is 5.83. The Morgan fingerprint density at radius 2 is 2.20 bits per heavy atom. The van der Waals surface area contributed by atoms with Crippen molar-refractivity contribution in [1.82, 2.24) is 5.32 Å². The van der Waals surface area contributed by atoms with Crippen LogP contribution in [0.25, 0.3) is 0 Å². The fraction of sp³-hybridized carbons (Fsp3) is 0.462. The van der Waals surface area contributed by atoms with E-state index in [0.29, 0.717) is 12.2 Å². The van der Waals surface area contributed by atoms with E-state index in [1.54, 1.807) is 24.3 Å². The van der Waals surface area contributed by atoms with E-state index < -0.39 is 13.0 Å². The lowest BCUT2D eigenvalue weighted by molar-refractivity contribution is -0.119. The number of alkyl halides is 2. The second-order valence-corrected chi connectivity index (χ2v) is 4.38. The summed E-state index contributed by atoms with van der Waals surface area (Å²) in [5.74, 6) is 0.0726. The number of amides is 1. The zero-order chi connectivity index (χ0) is 13.7. The fourth-order valence-electron chi connectivity index (χ4n) is 1.96. The molecule has 1 heterocycles. The van der Waals surface area contributed by atoms with Crippen LogP contribution in [-0.2, 0) is 4.79 Å². The van der Waals surface area contributed by atoms with Gasteiger partial charge in [0.2, 0.25) is 5.91 Å². The average molecular weight is 307 g/mol. The summed E-state index contributed by atoms with van der Waals surface area (Å²) >= 11 is 0. The van der Waals surface area contributed by atoms with Crippen molar-refractivity contribution in [1.29, 1.82) is 0 Å². The summed E-state index contributed by atoms with van der Waals surface area (Å²) in [6.07, 6.45) is -1.76. The number of halogens is 3. The van der Waals surface area contributed by atoms with Gasteiger partial charge in [-0.15, -0.1) is 12.4 Å². The number of carbonyl (C=O) groups excluding carboxylic acids is 1. The van der Waals surface area contributed by atoms with Gasteiger partial charge in [0.25, 0.3) is 6.43 Å². The molecule has 1 saturated heterocycles. The number of anilines is 1. The molecule has 0 aliphatic carbocycles. The van der Waals surface area contributed by atoms with Gasteiger partial charge in [-0.05, 0) is 25.1 Å². The zero-order valence-electron chi connectivity index (χ0n) is 10.8. The maximum absolute atomic E-state index is 12.1. The number of benzene rings is 1. The summed E-state index contributed by atoms with van der Waals surface area (Å²) < 4.78 is 29.3. The third-order valence-corrected chi connectivity index (χ3v) is 2.94. The summed E-state index contributed by atoms with van der Waals surface area (Å²) in [7, 11) is 0. The van der Waals surface area contributed by atoms with Crippen LogP contribution in [0.4, 0.5) is 14.5 Å². The van der Waals surface area contributed by atoms with Crippen LogP contribution in [-0.4, -0.2) is 32.0 Å². The van der Waals surface area contributed by atoms with E-state index in [1.165, 1.54) is 0 Å². The summed E-state index contributed by atoms with van der Waals surface area (Å²) in [5.41, 5.74) is 0.431. The molecule has 0 aromatic heterocycles. The van der Waals surface area contributed by atoms with Crippen molar-refractivity contribution < 1.29 is 18.3 Å². The molecule has 0 radical (unpaired) electrons. The lowest BCUT2D eigenvalue weighted by Gasteiger charge is -2.14. The molecule has 7 heteroatoms. The molecular weight excluding hydrogens is 290 g/mol. The number of rotatable bonds is 5. The Kier molecular flexibility index (Phi) is 6.67. The van der Waals surface area contributed by atoms with Gasteiger partial charge in [-0.3, -0.25) is 4.79 Å². The molecule has 112 valence electrons. The van der Waals surface area contributed by atoms with Gasteiger partial charge in [-0.1, -0.05) is 12.1 Å². The quantitative estimate of drug-likeness (QED) is 0.877. The molecule has 20 heavy (non-hydrogen) atoms. The van der Waals surface area contributed by atoms with Crippen LogP contribution >= 0.6 is 12.4 Å². The van der Waals surface area contributed by atoms with Crippen LogP contribution in [0.3, 0.4) is 0 Å². The van der Waals surface area contributed by atoms with Gasteiger partial charge < -0.3 is 15.4 Å². The molecule has 2 rings (SSSR count). The maximum atomic E-state index is 12.1. The summed E-state index contributed by atoms with van der Waals surface area (Å²) in [6, 6.07) is 6.59. The SMILES string of the molecule is Cl.O=C(Nc1ccccc1OCC(F)F)C1CCNC1. The Labute approximate surface area is 122 Å². The van der Waals surface area contributed by atoms with Crippen LogP contribution in [0.1, 0.15) is 6.42 Å². The molecule has 0 bridgehead atoms. The molecular formula is C13H17ClF2N2O2. The van der Waals surface area contributed by atoms with Crippen molar-refractivity contribution in [3.05, 3.63) is 24.3 Å². The second-order valence-electron chi connectivity index (χ2n) is 4.38. The van der Waals surface area contributed by atoms with Crippen LogP contribution in [0, 0.1) is 5.92 Å². The Bertz CT molecular complexity index is 440. The van der Waals surface area contributed by atoms with Gasteiger partial charge in [0.15, 0.2) is 0 Å². The highest BCUT2D eigenvalue weighted by Gasteiger charge is 2.23. The van der Waals surface area contributed by atoms with Crippen molar-refractivity contribution >= 4 is 24.0 Å². The smallest absolute Gasteiger partial charge is 0.272 e. The lowest BCUT2D eigenvalue weighted by Crippen LogP contribution is -2.25. The van der Waals surface area contributed by atoms with Crippen LogP contribution < -0.4 is 15.4 Å². The van der Waals surface area contributed by atoms with Crippen molar-refractivity contribution in [2.24, 2.45) is 5.92 Å². The summed E-state index contributed by atoms with van der Waals surface area (Å²) in [4.78, 5) is 12.0. The first-order valence-corrected chi connectivity index (χ1v) is 6.18. The van der Waals surface area contributed by atoms with Gasteiger partial charge >= 0.3 is 0 Å². The van der Waals surface area contributed by atoms with E-state index in [-0.39, 0.29) is 30.0 Å². The monoisotopic (exact) mass is 306 g/mol. The first-order valence-electron chi connectivity index (χ1n) is 6.18. The molecule has 1 aliphatic rings. The Hall–Kier alpha value is -1.40. The number of nitrogens with one attached hydrogen (secondary N) is 2. The molecule has 1 amide bonds. The highest BCUT2D eigenvalue weighted by molar-refractivity contribution is 5.94. The Morgan fingerprint density at radius 3 is 2.85 bits per heavy atom. The summed E-state index contributed by atoms with van der Waals surface area (Å²) in [6.45, 7) is 0.783. The molecule has 1 unspecified atom stereocenters. The van der Waals surface area contributed by atoms with E-state index in [4.69, 9.17) is 4.74 Å². The minimum Gasteiger partial charge on any atom is -0.485 e. The van der Waals surface area contributed by atoms with Crippen molar-refractivity contribution in [3.8, 4) is 5.75 Å². The fourth-order valence-corrected chi connectivity index (χ4v) is 1.96. The van der Waals surface area contributed by atoms with Crippen LogP contribution in [0.2, 0.25) is 0 Å². The first kappa shape index (κ1) is 16.7. The number of carbonyl (C=O) groups is 1. The number of para-hydroxylation sites is 2. The Balaban J connectivity index is 0.00000200. The van der Waals surface area contributed by atoms with Crippen molar-refractivity contribution in [2.75, 3.05) is 25.0 Å². The largest absolute Gasteiger partial charge is 0.485 e. The molecule has 0 spiro atoms. The van der Waals surface area contributed by atoms with E-state index in [9.17, 15) is 13.6 Å². The zero-order valence-corrected chi connectivity index (χ0v) is 11.6. The minimum atomic E-state index is -2.54. The van der Waals surface area contributed by atoms with Gasteiger partial charge in [0.1, 0.15) is 12.4 Å². The van der Waals surface area contributed by atoms with Crippen LogP contribution in [0.15, 0.2) is 24.3 Å². The topological polar surface area (TPSA) is 50.4 Å². The highest BCUT2D eigenvalue weighted by atomic mass is 35.5. The van der Waals surface area contributed by atoms with E-state index in [0.717, 1.165) is 13.0 Å². The lowest BCUT2D eigenvalue weighted by atomic mass is 10.1. The van der Waals surface area contributed by atoms with Gasteiger partial charge in [0, 0.05) is 6.54 Å². The number of hydrogen-bond acceptors (Lipinski definition) is 3. The predicted molar refractivity (Wildman–Crippen MR) is 74.8 cm³/mol. The number of hydrogen-bond donors (Lipinski definition) is 2. The van der Waals surface area contributed by atoms with Crippen molar-refractivity contribution in [3.63, 3.8) is 0 Å². The molecule has 1 aromatic rings. The van der Waals surface area contributed by atoms with E-state index in [1.807, 2.05) is 0 Å². The van der Waals surface area contributed by atoms with Crippen molar-refractivity contribution in [2.45, 2.75) is 12.8 Å². The molecule has 1 aliphatic heterocycles. The predicted octanol–water partition coefficient (Wildman–Crippen LogP) is 2.30. The molecule has 4 nitrogen and oxygen atoms in total. The van der Waals surface area contributed by atoms with Gasteiger partial charge in [-0.2, -0.15) is 0 Å². The van der Waals surface area contributed by atoms with E-state index in [2.05, 4.69) is 10.6 Å². The van der Waals surface area contributed by atoms with Gasteiger partial charge in [0.05, 0.1) is 11.6 Å². The minimum absolute atomic E-state index is 0. The molecule has 0 saturated carbocycles. The molecule has 1 aromatic carbocycles. The maximum Gasteiger partial charge on any atom is 0.272 e. The molecule has 2 N–H and O–H groups in total. The number of ether oxygens (including phenoxy) is 1. The van der Waals surface area contributed by atoms with E-state index >= 15 is 0 Å². The molecule has 1 atom stereocenters. The average Bonchev–Trinajstić information content (AvgIpc) is 2.91. The van der Waals surface area contributed by atoms with Gasteiger partial charge in [-0.25, -0.2) is 8.78 Å². The Morgan fingerprint density at radius 1 is 1.45 bits per heavy atom. The highest BCUT2D eigenvalue weighted by Crippen LogP contribution is 2.25. The third kappa shape index (κ3) is 4.61. The standard InChI is InChI=1S/C13H16F2N2O2.ClH/c14-12(15)8-19-11-4-2-1-3-10(11)17-13(18)9-5-6-16-7-9;/h1-4,9,12,16H,5-8H2,(H,17,18);1H. The van der Waals surface area contributed by atoms with Crippen LogP contribution in [0.5, 0.6) is 5.75 Å². The molecule has 1 fully saturated rings. The first-order chi connectivity index (χ1) is 9.16. The normalized spacial score (nSPS) is 17.6.